The van der Waals surface area contributed by atoms with Crippen molar-refractivity contribution in [1.29, 1.82) is 0 Å². The van der Waals surface area contributed by atoms with E-state index >= 15 is 0 Å². The number of fused-ring (bicyclic) bond motifs is 1. The monoisotopic (exact) mass is 441 g/mol. The number of aromatic nitrogens is 1. The highest BCUT2D eigenvalue weighted by molar-refractivity contribution is 7.84. The van der Waals surface area contributed by atoms with E-state index in [-0.39, 0.29) is 5.91 Å². The number of benzene rings is 1. The SMILES string of the molecule is C=C(CNC(=O)c1cc(S(C)=O)cc2c1c(C)cn2C1CCCC1)CN/C(C)=C\CC. The minimum Gasteiger partial charge on any atom is -0.385 e. The zero-order valence-electron chi connectivity index (χ0n) is 19.2. The Morgan fingerprint density at radius 3 is 2.58 bits per heavy atom. The smallest absolute Gasteiger partial charge is 0.252 e. The van der Waals surface area contributed by atoms with Gasteiger partial charge < -0.3 is 15.2 Å². The molecule has 0 bridgehead atoms. The number of allylic oxidation sites excluding steroid dienone is 2. The van der Waals surface area contributed by atoms with Gasteiger partial charge in [0.15, 0.2) is 0 Å². The standard InChI is InChI=1S/C25H35N3O2S/c1-6-9-19(4)26-14-17(2)15-27-25(29)22-12-21(31(5)30)13-23-24(22)18(3)16-28(23)20-10-7-8-11-20/h9,12-13,16,20,26H,2,6-8,10-11,14-15H2,1,3-5H3,(H,27,29)/b19-9-. The summed E-state index contributed by atoms with van der Waals surface area (Å²) in [7, 11) is -1.16. The van der Waals surface area contributed by atoms with Gasteiger partial charge in [-0.2, -0.15) is 0 Å². The van der Waals surface area contributed by atoms with Gasteiger partial charge in [-0.15, -0.1) is 0 Å². The van der Waals surface area contributed by atoms with Crippen LogP contribution in [0.25, 0.3) is 10.9 Å². The lowest BCUT2D eigenvalue weighted by atomic mass is 10.1. The Balaban J connectivity index is 1.85. The molecule has 1 fully saturated rings. The molecule has 1 aromatic carbocycles. The van der Waals surface area contributed by atoms with E-state index < -0.39 is 10.8 Å². The Bertz CT molecular complexity index is 1030. The molecule has 3 rings (SSSR count). The normalized spacial score (nSPS) is 15.9. The molecule has 1 aromatic heterocycles. The highest BCUT2D eigenvalue weighted by Gasteiger charge is 2.23. The second-order valence-corrected chi connectivity index (χ2v) is 9.94. The summed E-state index contributed by atoms with van der Waals surface area (Å²) in [5, 5.41) is 7.29. The van der Waals surface area contributed by atoms with Crippen molar-refractivity contribution in [3.63, 3.8) is 0 Å². The summed E-state index contributed by atoms with van der Waals surface area (Å²) in [5.41, 5.74) is 4.71. The highest BCUT2D eigenvalue weighted by atomic mass is 32.2. The van der Waals surface area contributed by atoms with E-state index in [4.69, 9.17) is 0 Å². The van der Waals surface area contributed by atoms with Gasteiger partial charge in [-0.25, -0.2) is 0 Å². The molecule has 1 amide bonds. The third-order valence-corrected chi connectivity index (χ3v) is 6.92. The number of carbonyl (C=O) groups excluding carboxylic acids is 1. The maximum absolute atomic E-state index is 13.2. The van der Waals surface area contributed by atoms with Crippen LogP contribution in [0.1, 0.15) is 67.9 Å². The van der Waals surface area contributed by atoms with Gasteiger partial charge in [0, 0.05) is 58.4 Å². The third-order valence-electron chi connectivity index (χ3n) is 6.02. The second kappa shape index (κ2) is 10.3. The molecule has 0 aliphatic heterocycles. The first kappa shape index (κ1) is 23.3. The molecule has 5 nitrogen and oxygen atoms in total. The summed E-state index contributed by atoms with van der Waals surface area (Å²) < 4.78 is 14.6. The van der Waals surface area contributed by atoms with Crippen LogP contribution in [0.4, 0.5) is 0 Å². The molecule has 0 saturated heterocycles. The highest BCUT2D eigenvalue weighted by Crippen LogP contribution is 2.36. The molecular weight excluding hydrogens is 406 g/mol. The van der Waals surface area contributed by atoms with E-state index in [1.165, 1.54) is 12.8 Å². The zero-order chi connectivity index (χ0) is 22.5. The van der Waals surface area contributed by atoms with E-state index in [9.17, 15) is 9.00 Å². The fraction of sp³-hybridized carbons (Fsp3) is 0.480. The zero-order valence-corrected chi connectivity index (χ0v) is 20.0. The number of nitrogens with zero attached hydrogens (tertiary/aromatic N) is 1. The fourth-order valence-corrected chi connectivity index (χ4v) is 4.96. The molecule has 1 aliphatic rings. The lowest BCUT2D eigenvalue weighted by Crippen LogP contribution is -2.29. The van der Waals surface area contributed by atoms with Crippen molar-refractivity contribution in [2.75, 3.05) is 19.3 Å². The van der Waals surface area contributed by atoms with Gasteiger partial charge in [-0.05, 0) is 56.4 Å². The van der Waals surface area contributed by atoms with Crippen LogP contribution in [0.15, 0.2) is 47.2 Å². The lowest BCUT2D eigenvalue weighted by Gasteiger charge is -2.15. The second-order valence-electron chi connectivity index (χ2n) is 8.56. The largest absolute Gasteiger partial charge is 0.385 e. The van der Waals surface area contributed by atoms with Crippen LogP contribution in [0, 0.1) is 6.92 Å². The predicted octanol–water partition coefficient (Wildman–Crippen LogP) is 4.99. The van der Waals surface area contributed by atoms with Crippen molar-refractivity contribution < 1.29 is 9.00 Å². The van der Waals surface area contributed by atoms with Crippen LogP contribution in [-0.4, -0.2) is 34.0 Å². The lowest BCUT2D eigenvalue weighted by molar-refractivity contribution is 0.0958. The third kappa shape index (κ3) is 5.48. The first-order valence-electron chi connectivity index (χ1n) is 11.2. The molecule has 168 valence electrons. The maximum Gasteiger partial charge on any atom is 0.252 e. The topological polar surface area (TPSA) is 63.1 Å². The number of hydrogen-bond acceptors (Lipinski definition) is 3. The van der Waals surface area contributed by atoms with Crippen molar-refractivity contribution in [2.24, 2.45) is 0 Å². The minimum atomic E-state index is -1.16. The number of amides is 1. The molecule has 2 N–H and O–H groups in total. The van der Waals surface area contributed by atoms with Crippen LogP contribution in [0.3, 0.4) is 0 Å². The van der Waals surface area contributed by atoms with E-state index in [0.717, 1.165) is 47.0 Å². The van der Waals surface area contributed by atoms with Crippen molar-refractivity contribution in [3.05, 3.63) is 53.4 Å². The molecule has 1 aliphatic carbocycles. The molecule has 6 heteroatoms. The average molecular weight is 442 g/mol. The van der Waals surface area contributed by atoms with Crippen molar-refractivity contribution in [1.82, 2.24) is 15.2 Å². The summed E-state index contributed by atoms with van der Waals surface area (Å²) in [4.78, 5) is 13.9. The first-order chi connectivity index (χ1) is 14.8. The molecule has 2 aromatic rings. The maximum atomic E-state index is 13.2. The summed E-state index contributed by atoms with van der Waals surface area (Å²) >= 11 is 0. The van der Waals surface area contributed by atoms with E-state index in [1.807, 2.05) is 13.0 Å². The molecule has 1 saturated carbocycles. The van der Waals surface area contributed by atoms with Gasteiger partial charge in [0.25, 0.3) is 5.91 Å². The first-order valence-corrected chi connectivity index (χ1v) is 12.7. The molecule has 31 heavy (non-hydrogen) atoms. The van der Waals surface area contributed by atoms with Crippen molar-refractivity contribution in [3.8, 4) is 0 Å². The van der Waals surface area contributed by atoms with E-state index in [1.54, 1.807) is 12.3 Å². The Morgan fingerprint density at radius 1 is 1.26 bits per heavy atom. The Morgan fingerprint density at radius 2 is 1.94 bits per heavy atom. The molecule has 1 unspecified atom stereocenters. The fourth-order valence-electron chi connectivity index (χ4n) is 4.40. The number of nitrogens with one attached hydrogen (secondary N) is 2. The molecule has 0 spiro atoms. The van der Waals surface area contributed by atoms with Gasteiger partial charge in [0.05, 0.1) is 11.1 Å². The van der Waals surface area contributed by atoms with Gasteiger partial charge >= 0.3 is 0 Å². The van der Waals surface area contributed by atoms with Crippen LogP contribution in [0.2, 0.25) is 0 Å². The summed E-state index contributed by atoms with van der Waals surface area (Å²) in [6.45, 7) is 11.3. The Labute approximate surface area is 188 Å². The van der Waals surface area contributed by atoms with Crippen LogP contribution in [0.5, 0.6) is 0 Å². The average Bonchev–Trinajstić information content (AvgIpc) is 3.38. The van der Waals surface area contributed by atoms with Gasteiger partial charge in [-0.3, -0.25) is 9.00 Å². The van der Waals surface area contributed by atoms with E-state index in [2.05, 4.69) is 47.9 Å². The molecule has 1 heterocycles. The Hall–Kier alpha value is -2.34. The molecule has 1 atom stereocenters. The quantitative estimate of drug-likeness (QED) is 0.539. The van der Waals surface area contributed by atoms with Crippen molar-refractivity contribution >= 4 is 27.6 Å². The van der Waals surface area contributed by atoms with Crippen LogP contribution < -0.4 is 10.6 Å². The summed E-state index contributed by atoms with van der Waals surface area (Å²) in [6.07, 6.45) is 11.7. The Kier molecular flexibility index (Phi) is 7.76. The number of aryl methyl sites for hydroxylation is 1. The number of carbonyl (C=O) groups is 1. The van der Waals surface area contributed by atoms with Gasteiger partial charge in [-0.1, -0.05) is 32.4 Å². The van der Waals surface area contributed by atoms with Gasteiger partial charge in [0.2, 0.25) is 0 Å². The summed E-state index contributed by atoms with van der Waals surface area (Å²) in [6, 6.07) is 4.24. The van der Waals surface area contributed by atoms with Gasteiger partial charge in [0.1, 0.15) is 0 Å². The van der Waals surface area contributed by atoms with E-state index in [0.29, 0.717) is 29.6 Å². The van der Waals surface area contributed by atoms with Crippen LogP contribution >= 0.6 is 0 Å². The predicted molar refractivity (Wildman–Crippen MR) is 130 cm³/mol. The van der Waals surface area contributed by atoms with Crippen LogP contribution in [-0.2, 0) is 10.8 Å². The molecule has 0 radical (unpaired) electrons. The summed E-state index contributed by atoms with van der Waals surface area (Å²) in [5.74, 6) is -0.147. The molecular formula is C25H35N3O2S. The minimum absolute atomic E-state index is 0.147. The number of hydrogen-bond donors (Lipinski definition) is 2. The van der Waals surface area contributed by atoms with Crippen molar-refractivity contribution in [2.45, 2.75) is 63.8 Å². The number of rotatable bonds is 9.